The zero-order valence-electron chi connectivity index (χ0n) is 7.81. The van der Waals surface area contributed by atoms with E-state index >= 15 is 0 Å². The normalized spacial score (nSPS) is 14.1. The summed E-state index contributed by atoms with van der Waals surface area (Å²) in [6.07, 6.45) is 0. The van der Waals surface area contributed by atoms with Gasteiger partial charge in [-0.2, -0.15) is 0 Å². The van der Waals surface area contributed by atoms with Gasteiger partial charge in [-0.15, -0.1) is 0 Å². The second-order valence-corrected chi connectivity index (χ2v) is 3.24. The third-order valence-electron chi connectivity index (χ3n) is 2.28. The Morgan fingerprint density at radius 3 is 2.21 bits per heavy atom. The van der Waals surface area contributed by atoms with Crippen LogP contribution in [0, 0.1) is 5.82 Å². The van der Waals surface area contributed by atoms with Crippen molar-refractivity contribution in [3.8, 4) is 0 Å². The van der Waals surface area contributed by atoms with Crippen LogP contribution in [0.1, 0.15) is 18.4 Å². The lowest BCUT2D eigenvalue weighted by Gasteiger charge is -2.22. The molecule has 1 aromatic carbocycles. The highest BCUT2D eigenvalue weighted by Gasteiger charge is 2.35. The molecule has 1 atom stereocenters. The van der Waals surface area contributed by atoms with Gasteiger partial charge in [0.2, 0.25) is 0 Å². The standard InChI is InChI=1S/C10H12F3N/c1-7(10(12,13)6-14)8-2-4-9(11)5-3-8/h2-5,7H,6,14H2,1H3. The molecule has 0 fully saturated rings. The molecule has 0 saturated heterocycles. The molecule has 1 aromatic rings. The number of benzene rings is 1. The molecule has 14 heavy (non-hydrogen) atoms. The van der Waals surface area contributed by atoms with E-state index in [1.807, 2.05) is 0 Å². The van der Waals surface area contributed by atoms with Gasteiger partial charge in [-0.05, 0) is 17.7 Å². The molecular formula is C10H12F3N. The fourth-order valence-corrected chi connectivity index (χ4v) is 1.17. The van der Waals surface area contributed by atoms with Crippen molar-refractivity contribution in [1.82, 2.24) is 0 Å². The first-order valence-corrected chi connectivity index (χ1v) is 4.30. The minimum atomic E-state index is -2.95. The summed E-state index contributed by atoms with van der Waals surface area (Å²) in [6.45, 7) is 0.672. The van der Waals surface area contributed by atoms with E-state index in [1.54, 1.807) is 0 Å². The minimum absolute atomic E-state index is 0.391. The Bertz CT molecular complexity index is 295. The monoisotopic (exact) mass is 203 g/mol. The van der Waals surface area contributed by atoms with E-state index < -0.39 is 24.2 Å². The van der Waals surface area contributed by atoms with E-state index in [-0.39, 0.29) is 0 Å². The Morgan fingerprint density at radius 2 is 1.79 bits per heavy atom. The number of halogens is 3. The predicted molar refractivity (Wildman–Crippen MR) is 48.8 cm³/mol. The molecule has 1 nitrogen and oxygen atoms in total. The van der Waals surface area contributed by atoms with E-state index in [4.69, 9.17) is 5.73 Å². The average molecular weight is 203 g/mol. The molecule has 0 amide bonds. The van der Waals surface area contributed by atoms with Crippen molar-refractivity contribution in [1.29, 1.82) is 0 Å². The van der Waals surface area contributed by atoms with Crippen LogP contribution < -0.4 is 5.73 Å². The molecule has 4 heteroatoms. The average Bonchev–Trinajstić information content (AvgIpc) is 2.18. The molecule has 0 aromatic heterocycles. The molecule has 0 bridgehead atoms. The van der Waals surface area contributed by atoms with E-state index in [0.29, 0.717) is 5.56 Å². The van der Waals surface area contributed by atoms with Gasteiger partial charge in [-0.25, -0.2) is 13.2 Å². The lowest BCUT2D eigenvalue weighted by atomic mass is 9.94. The zero-order valence-corrected chi connectivity index (χ0v) is 7.81. The van der Waals surface area contributed by atoms with Crippen molar-refractivity contribution >= 4 is 0 Å². The van der Waals surface area contributed by atoms with Crippen LogP contribution in [0.15, 0.2) is 24.3 Å². The SMILES string of the molecule is CC(c1ccc(F)cc1)C(F)(F)CN. The summed E-state index contributed by atoms with van der Waals surface area (Å²) in [5.41, 5.74) is 5.34. The quantitative estimate of drug-likeness (QED) is 0.802. The van der Waals surface area contributed by atoms with Crippen molar-refractivity contribution in [3.05, 3.63) is 35.6 Å². The molecule has 1 rings (SSSR count). The maximum atomic E-state index is 13.1. The molecule has 1 unspecified atom stereocenters. The Hall–Kier alpha value is -1.03. The van der Waals surface area contributed by atoms with Crippen LogP contribution in [0.5, 0.6) is 0 Å². The zero-order chi connectivity index (χ0) is 10.8. The third kappa shape index (κ3) is 2.26. The molecule has 0 aliphatic carbocycles. The van der Waals surface area contributed by atoms with Crippen molar-refractivity contribution in [2.75, 3.05) is 6.54 Å². The number of nitrogens with two attached hydrogens (primary N) is 1. The second kappa shape index (κ2) is 4.00. The van der Waals surface area contributed by atoms with Gasteiger partial charge in [0.1, 0.15) is 5.82 Å². The van der Waals surface area contributed by atoms with Crippen molar-refractivity contribution in [2.45, 2.75) is 18.8 Å². The molecule has 78 valence electrons. The fraction of sp³-hybridized carbons (Fsp3) is 0.400. The smallest absolute Gasteiger partial charge is 0.266 e. The van der Waals surface area contributed by atoms with E-state index in [2.05, 4.69) is 0 Å². The Kier molecular flexibility index (Phi) is 3.16. The highest BCUT2D eigenvalue weighted by molar-refractivity contribution is 5.22. The molecule has 0 spiro atoms. The van der Waals surface area contributed by atoms with Crippen LogP contribution in [0.4, 0.5) is 13.2 Å². The van der Waals surface area contributed by atoms with Gasteiger partial charge in [0.05, 0.1) is 6.54 Å². The highest BCUT2D eigenvalue weighted by Crippen LogP contribution is 2.31. The summed E-state index contributed by atoms with van der Waals surface area (Å²) < 4.78 is 38.7. The Balaban J connectivity index is 2.89. The second-order valence-electron chi connectivity index (χ2n) is 3.24. The summed E-state index contributed by atoms with van der Waals surface area (Å²) in [5.74, 6) is -4.37. The van der Waals surface area contributed by atoms with Crippen LogP contribution in [0.3, 0.4) is 0 Å². The molecule has 0 aliphatic rings. The van der Waals surface area contributed by atoms with Gasteiger partial charge in [0.15, 0.2) is 0 Å². The molecule has 0 radical (unpaired) electrons. The van der Waals surface area contributed by atoms with Gasteiger partial charge in [-0.1, -0.05) is 19.1 Å². The van der Waals surface area contributed by atoms with E-state index in [0.717, 1.165) is 0 Å². The lowest BCUT2D eigenvalue weighted by Crippen LogP contribution is -2.33. The largest absolute Gasteiger partial charge is 0.325 e. The third-order valence-corrected chi connectivity index (χ3v) is 2.28. The van der Waals surface area contributed by atoms with Crippen LogP contribution in [0.25, 0.3) is 0 Å². The topological polar surface area (TPSA) is 26.0 Å². The molecular weight excluding hydrogens is 191 g/mol. The van der Waals surface area contributed by atoms with Gasteiger partial charge >= 0.3 is 0 Å². The minimum Gasteiger partial charge on any atom is -0.325 e. The number of rotatable bonds is 3. The number of hydrogen-bond donors (Lipinski definition) is 1. The van der Waals surface area contributed by atoms with Gasteiger partial charge in [-0.3, -0.25) is 0 Å². The van der Waals surface area contributed by atoms with Gasteiger partial charge < -0.3 is 5.73 Å². The Labute approximate surface area is 80.7 Å². The van der Waals surface area contributed by atoms with Crippen LogP contribution in [-0.4, -0.2) is 12.5 Å². The van der Waals surface area contributed by atoms with Crippen molar-refractivity contribution in [2.24, 2.45) is 5.73 Å². The highest BCUT2D eigenvalue weighted by atomic mass is 19.3. The van der Waals surface area contributed by atoms with Crippen LogP contribution >= 0.6 is 0 Å². The first-order chi connectivity index (χ1) is 6.47. The lowest BCUT2D eigenvalue weighted by molar-refractivity contribution is -0.0127. The van der Waals surface area contributed by atoms with Crippen molar-refractivity contribution in [3.63, 3.8) is 0 Å². The summed E-state index contributed by atoms with van der Waals surface area (Å²) >= 11 is 0. The summed E-state index contributed by atoms with van der Waals surface area (Å²) in [7, 11) is 0. The van der Waals surface area contributed by atoms with E-state index in [9.17, 15) is 13.2 Å². The van der Waals surface area contributed by atoms with Crippen LogP contribution in [0.2, 0.25) is 0 Å². The van der Waals surface area contributed by atoms with E-state index in [1.165, 1.54) is 31.2 Å². The molecule has 0 aliphatic heterocycles. The maximum Gasteiger partial charge on any atom is 0.266 e. The molecule has 0 heterocycles. The van der Waals surface area contributed by atoms with Crippen molar-refractivity contribution < 1.29 is 13.2 Å². The summed E-state index contributed by atoms with van der Waals surface area (Å²) in [5, 5.41) is 0. The maximum absolute atomic E-state index is 13.1. The summed E-state index contributed by atoms with van der Waals surface area (Å²) in [6, 6.07) is 5.03. The van der Waals surface area contributed by atoms with Crippen LogP contribution in [-0.2, 0) is 0 Å². The first-order valence-electron chi connectivity index (χ1n) is 4.30. The fourth-order valence-electron chi connectivity index (χ4n) is 1.17. The van der Waals surface area contributed by atoms with Gasteiger partial charge in [0.25, 0.3) is 5.92 Å². The number of hydrogen-bond acceptors (Lipinski definition) is 1. The van der Waals surface area contributed by atoms with Gasteiger partial charge in [0, 0.05) is 5.92 Å². The Morgan fingerprint density at radius 1 is 1.29 bits per heavy atom. The predicted octanol–water partition coefficient (Wildman–Crippen LogP) is 2.52. The molecule has 0 saturated carbocycles. The summed E-state index contributed by atoms with van der Waals surface area (Å²) in [4.78, 5) is 0. The first kappa shape index (κ1) is 11.0. The number of alkyl halides is 2. The molecule has 2 N–H and O–H groups in total.